The summed E-state index contributed by atoms with van der Waals surface area (Å²) < 4.78 is 0. The Bertz CT molecular complexity index is 687. The van der Waals surface area contributed by atoms with Crippen LogP contribution in [0.3, 0.4) is 0 Å². The molecule has 1 saturated heterocycles. The minimum Gasteiger partial charge on any atom is -0.157 e. The summed E-state index contributed by atoms with van der Waals surface area (Å²) in [6.45, 7) is 2.19. The number of thioether (sulfide) groups is 1. The fourth-order valence-corrected chi connectivity index (χ4v) is 4.29. The summed E-state index contributed by atoms with van der Waals surface area (Å²) in [5, 5.41) is 0. The van der Waals surface area contributed by atoms with Crippen molar-refractivity contribution in [2.24, 2.45) is 0 Å². The lowest BCUT2D eigenvalue weighted by Crippen LogP contribution is -1.90. The van der Waals surface area contributed by atoms with Gasteiger partial charge in [0.15, 0.2) is 0 Å². The smallest absolute Gasteiger partial charge is 0.0153 e. The molecule has 0 N–H and O–H groups in total. The lowest BCUT2D eigenvalue weighted by atomic mass is 9.96. The molecule has 1 heteroatoms. The Hall–Kier alpha value is -1.47. The normalized spacial score (nSPS) is 20.5. The van der Waals surface area contributed by atoms with Gasteiger partial charge in [0.25, 0.3) is 0 Å². The quantitative estimate of drug-likeness (QED) is 0.555. The molecule has 0 unspecified atom stereocenters. The van der Waals surface area contributed by atoms with Crippen molar-refractivity contribution in [1.82, 2.24) is 0 Å². The van der Waals surface area contributed by atoms with Crippen molar-refractivity contribution in [2.75, 3.05) is 11.5 Å². The summed E-state index contributed by atoms with van der Waals surface area (Å²) >= 11 is 2.06. The lowest BCUT2D eigenvalue weighted by Gasteiger charge is -2.07. The van der Waals surface area contributed by atoms with Crippen LogP contribution in [0.5, 0.6) is 0 Å². The molecule has 0 aromatic heterocycles. The molecule has 2 aromatic carbocycles. The second-order valence-corrected chi connectivity index (χ2v) is 6.48. The number of aryl methyl sites for hydroxylation is 1. The summed E-state index contributed by atoms with van der Waals surface area (Å²) in [6.07, 6.45) is 1.25. The van der Waals surface area contributed by atoms with Crippen molar-refractivity contribution in [2.45, 2.75) is 13.3 Å². The van der Waals surface area contributed by atoms with Crippen LogP contribution in [0.2, 0.25) is 0 Å². The van der Waals surface area contributed by atoms with Gasteiger partial charge in [-0.15, -0.1) is 0 Å². The van der Waals surface area contributed by atoms with E-state index in [1.165, 1.54) is 51.3 Å². The van der Waals surface area contributed by atoms with Crippen LogP contribution in [-0.2, 0) is 0 Å². The first kappa shape index (κ1) is 11.4. The van der Waals surface area contributed by atoms with Gasteiger partial charge >= 0.3 is 0 Å². The molecule has 0 bridgehead atoms. The zero-order chi connectivity index (χ0) is 12.8. The van der Waals surface area contributed by atoms with Crippen LogP contribution in [0.1, 0.15) is 23.1 Å². The largest absolute Gasteiger partial charge is 0.157 e. The number of hydrogen-bond donors (Lipinski definition) is 0. The van der Waals surface area contributed by atoms with Crippen LogP contribution in [-0.4, -0.2) is 11.5 Å². The van der Waals surface area contributed by atoms with Gasteiger partial charge in [-0.2, -0.15) is 11.8 Å². The molecular formula is C18H16S. The second kappa shape index (κ2) is 4.28. The number of rotatable bonds is 0. The average molecular weight is 264 g/mol. The zero-order valence-corrected chi connectivity index (χ0v) is 11.9. The third-order valence-electron chi connectivity index (χ3n) is 4.11. The molecule has 94 valence electrons. The molecule has 0 spiro atoms. The lowest BCUT2D eigenvalue weighted by molar-refractivity contribution is 1.17. The van der Waals surface area contributed by atoms with E-state index >= 15 is 0 Å². The monoisotopic (exact) mass is 264 g/mol. The molecular weight excluding hydrogens is 248 g/mol. The fourth-order valence-electron chi connectivity index (χ4n) is 3.22. The first-order valence-electron chi connectivity index (χ1n) is 6.85. The van der Waals surface area contributed by atoms with Gasteiger partial charge in [-0.25, -0.2) is 0 Å². The van der Waals surface area contributed by atoms with Crippen LogP contribution in [0, 0.1) is 6.92 Å². The van der Waals surface area contributed by atoms with Crippen LogP contribution >= 0.6 is 11.8 Å². The Balaban J connectivity index is 2.06. The second-order valence-electron chi connectivity index (χ2n) is 5.38. The molecule has 2 aromatic rings. The van der Waals surface area contributed by atoms with E-state index in [0.717, 1.165) is 0 Å². The SMILES string of the molecule is Cc1ccc2c(c1)/C(=C1/CCSC1)c1ccccc1-2. The summed E-state index contributed by atoms with van der Waals surface area (Å²) in [5.41, 5.74) is 10.3. The van der Waals surface area contributed by atoms with E-state index in [1.54, 1.807) is 5.57 Å². The minimum absolute atomic E-state index is 1.21. The van der Waals surface area contributed by atoms with Crippen molar-refractivity contribution in [3.8, 4) is 11.1 Å². The topological polar surface area (TPSA) is 0 Å². The number of fused-ring (bicyclic) bond motifs is 3. The van der Waals surface area contributed by atoms with Gasteiger partial charge in [-0.1, -0.05) is 53.6 Å². The minimum atomic E-state index is 1.21. The highest BCUT2D eigenvalue weighted by Gasteiger charge is 2.26. The molecule has 1 aliphatic carbocycles. The summed E-state index contributed by atoms with van der Waals surface area (Å²) in [4.78, 5) is 0. The molecule has 4 rings (SSSR count). The van der Waals surface area contributed by atoms with Gasteiger partial charge < -0.3 is 0 Å². The molecule has 1 fully saturated rings. The van der Waals surface area contributed by atoms with E-state index in [-0.39, 0.29) is 0 Å². The first-order valence-corrected chi connectivity index (χ1v) is 8.00. The maximum Gasteiger partial charge on any atom is 0.0153 e. The molecule has 0 radical (unpaired) electrons. The highest BCUT2D eigenvalue weighted by atomic mass is 32.2. The van der Waals surface area contributed by atoms with Crippen molar-refractivity contribution >= 4 is 17.3 Å². The van der Waals surface area contributed by atoms with Crippen molar-refractivity contribution < 1.29 is 0 Å². The molecule has 0 amide bonds. The Morgan fingerprint density at radius 2 is 1.68 bits per heavy atom. The van der Waals surface area contributed by atoms with Gasteiger partial charge in [-0.3, -0.25) is 0 Å². The summed E-state index contributed by atoms with van der Waals surface area (Å²) in [7, 11) is 0. The van der Waals surface area contributed by atoms with Gasteiger partial charge in [0.1, 0.15) is 0 Å². The van der Waals surface area contributed by atoms with Gasteiger partial charge in [0, 0.05) is 5.75 Å². The Kier molecular flexibility index (Phi) is 2.56. The van der Waals surface area contributed by atoms with E-state index < -0.39 is 0 Å². The van der Waals surface area contributed by atoms with E-state index in [1.807, 2.05) is 0 Å². The van der Waals surface area contributed by atoms with E-state index in [0.29, 0.717) is 0 Å². The number of benzene rings is 2. The van der Waals surface area contributed by atoms with Crippen LogP contribution < -0.4 is 0 Å². The molecule has 0 nitrogen and oxygen atoms in total. The van der Waals surface area contributed by atoms with Crippen molar-refractivity contribution in [1.29, 1.82) is 0 Å². The Labute approximate surface area is 118 Å². The first-order chi connectivity index (χ1) is 9.34. The summed E-state index contributed by atoms with van der Waals surface area (Å²) in [5.74, 6) is 2.49. The molecule has 0 atom stereocenters. The number of hydrogen-bond acceptors (Lipinski definition) is 1. The maximum absolute atomic E-state index is 2.36. The van der Waals surface area contributed by atoms with E-state index in [4.69, 9.17) is 0 Å². The van der Waals surface area contributed by atoms with Gasteiger partial charge in [-0.05, 0) is 46.9 Å². The van der Waals surface area contributed by atoms with Crippen molar-refractivity contribution in [3.05, 3.63) is 64.7 Å². The predicted molar refractivity (Wildman–Crippen MR) is 84.6 cm³/mol. The standard InChI is InChI=1S/C18H16S/c1-12-6-7-15-14-4-2-3-5-16(14)18(17(15)10-12)13-8-9-19-11-13/h2-7,10H,8-9,11H2,1H3/b18-13-. The third kappa shape index (κ3) is 1.68. The fraction of sp³-hybridized carbons (Fsp3) is 0.222. The molecule has 1 heterocycles. The van der Waals surface area contributed by atoms with E-state index in [2.05, 4.69) is 61.2 Å². The molecule has 0 saturated carbocycles. The highest BCUT2D eigenvalue weighted by Crippen LogP contribution is 2.47. The maximum atomic E-state index is 2.36. The van der Waals surface area contributed by atoms with Crippen LogP contribution in [0.25, 0.3) is 16.7 Å². The summed E-state index contributed by atoms with van der Waals surface area (Å²) in [6, 6.07) is 15.8. The van der Waals surface area contributed by atoms with E-state index in [9.17, 15) is 0 Å². The van der Waals surface area contributed by atoms with Gasteiger partial charge in [0.2, 0.25) is 0 Å². The molecule has 2 aliphatic rings. The highest BCUT2D eigenvalue weighted by molar-refractivity contribution is 7.99. The predicted octanol–water partition coefficient (Wildman–Crippen LogP) is 4.91. The Morgan fingerprint density at radius 3 is 2.47 bits per heavy atom. The molecule has 19 heavy (non-hydrogen) atoms. The zero-order valence-electron chi connectivity index (χ0n) is 11.1. The van der Waals surface area contributed by atoms with Crippen LogP contribution in [0.4, 0.5) is 0 Å². The third-order valence-corrected chi connectivity index (χ3v) is 5.15. The average Bonchev–Trinajstić information content (AvgIpc) is 3.03. The van der Waals surface area contributed by atoms with Crippen molar-refractivity contribution in [3.63, 3.8) is 0 Å². The Morgan fingerprint density at radius 1 is 0.895 bits per heavy atom. The van der Waals surface area contributed by atoms with Gasteiger partial charge in [0.05, 0.1) is 0 Å². The van der Waals surface area contributed by atoms with Crippen LogP contribution in [0.15, 0.2) is 48.0 Å². The molecule has 1 aliphatic heterocycles.